The van der Waals surface area contributed by atoms with E-state index in [0.717, 1.165) is 11.3 Å². The van der Waals surface area contributed by atoms with Gasteiger partial charge >= 0.3 is 6.09 Å². The molecular weight excluding hydrogens is 441 g/mol. The lowest BCUT2D eigenvalue weighted by atomic mass is 9.95. The van der Waals surface area contributed by atoms with Gasteiger partial charge in [0.25, 0.3) is 0 Å². The molecule has 34 heavy (non-hydrogen) atoms. The number of aryl methyl sites for hydroxylation is 1. The third kappa shape index (κ3) is 3.87. The number of dihydropyridines is 1. The zero-order valence-electron chi connectivity index (χ0n) is 19.6. The second-order valence-corrected chi connectivity index (χ2v) is 9.60. The molecule has 1 unspecified atom stereocenters. The van der Waals surface area contributed by atoms with E-state index in [4.69, 9.17) is 19.9 Å². The molecule has 2 aromatic rings. The van der Waals surface area contributed by atoms with Crippen LogP contribution in [-0.4, -0.2) is 45.8 Å². The van der Waals surface area contributed by atoms with Crippen molar-refractivity contribution in [2.45, 2.75) is 45.0 Å². The molecule has 5 rings (SSSR count). The van der Waals surface area contributed by atoms with Crippen LogP contribution in [0.5, 0.6) is 5.75 Å². The van der Waals surface area contributed by atoms with Crippen LogP contribution < -0.4 is 15.8 Å². The average Bonchev–Trinajstić information content (AvgIpc) is 3.37. The maximum atomic E-state index is 15.1. The Balaban J connectivity index is 1.65. The molecular formula is C24H28FN5O4. The van der Waals surface area contributed by atoms with Crippen LogP contribution >= 0.6 is 0 Å². The zero-order chi connectivity index (χ0) is 24.2. The molecule has 1 aromatic heterocycles. The van der Waals surface area contributed by atoms with Crippen molar-refractivity contribution in [1.29, 1.82) is 0 Å². The Bertz CT molecular complexity index is 1210. The fourth-order valence-corrected chi connectivity index (χ4v) is 4.46. The normalized spacial score (nSPS) is 21.7. The number of aromatic nitrogens is 2. The summed E-state index contributed by atoms with van der Waals surface area (Å²) in [4.78, 5) is 14.7. The summed E-state index contributed by atoms with van der Waals surface area (Å²) in [5, 5.41) is 7.41. The number of amides is 1. The van der Waals surface area contributed by atoms with Gasteiger partial charge in [-0.3, -0.25) is 9.58 Å². The quantitative estimate of drug-likeness (QED) is 0.662. The van der Waals surface area contributed by atoms with Gasteiger partial charge in [-0.1, -0.05) is 0 Å². The van der Waals surface area contributed by atoms with E-state index >= 15 is 4.39 Å². The molecule has 9 nitrogen and oxygen atoms in total. The number of carbonyl (C=O) groups is 1. The van der Waals surface area contributed by atoms with Crippen LogP contribution in [0.4, 0.5) is 9.18 Å². The molecule has 0 bridgehead atoms. The van der Waals surface area contributed by atoms with Crippen LogP contribution in [0.3, 0.4) is 0 Å². The van der Waals surface area contributed by atoms with Gasteiger partial charge in [0.05, 0.1) is 31.4 Å². The van der Waals surface area contributed by atoms with E-state index in [-0.39, 0.29) is 19.1 Å². The lowest BCUT2D eigenvalue weighted by molar-refractivity contribution is 0.0269. The van der Waals surface area contributed by atoms with Crippen molar-refractivity contribution in [2.75, 3.05) is 13.2 Å². The summed E-state index contributed by atoms with van der Waals surface area (Å²) in [6.45, 7) is 5.87. The molecule has 0 spiro atoms. The first kappa shape index (κ1) is 22.3. The number of hydrogen-bond acceptors (Lipinski definition) is 7. The molecule has 3 N–H and O–H groups in total. The van der Waals surface area contributed by atoms with E-state index < -0.39 is 23.7 Å². The molecule has 0 saturated heterocycles. The average molecular weight is 470 g/mol. The van der Waals surface area contributed by atoms with Crippen LogP contribution in [-0.2, 0) is 23.1 Å². The first-order chi connectivity index (χ1) is 16.1. The summed E-state index contributed by atoms with van der Waals surface area (Å²) in [5.41, 5.74) is 8.35. The topological polar surface area (TPSA) is 104 Å². The van der Waals surface area contributed by atoms with Crippen LogP contribution in [0.15, 0.2) is 42.1 Å². The highest BCUT2D eigenvalue weighted by Crippen LogP contribution is 2.41. The number of carbonyl (C=O) groups excluding carboxylic acids is 1. The lowest BCUT2D eigenvalue weighted by Gasteiger charge is -2.34. The molecule has 0 fully saturated rings. The van der Waals surface area contributed by atoms with Gasteiger partial charge in [0.15, 0.2) is 11.6 Å². The molecule has 0 aliphatic carbocycles. The van der Waals surface area contributed by atoms with Gasteiger partial charge in [-0.15, -0.1) is 0 Å². The predicted molar refractivity (Wildman–Crippen MR) is 122 cm³/mol. The van der Waals surface area contributed by atoms with E-state index in [9.17, 15) is 4.79 Å². The summed E-state index contributed by atoms with van der Waals surface area (Å²) in [6.07, 6.45) is 2.18. The largest absolute Gasteiger partial charge is 0.493 e. The molecule has 0 radical (unpaired) electrons. The van der Waals surface area contributed by atoms with E-state index in [1.54, 1.807) is 43.8 Å². The van der Waals surface area contributed by atoms with Gasteiger partial charge in [-0.05, 0) is 45.0 Å². The molecule has 1 aromatic carbocycles. The fraction of sp³-hybridized carbons (Fsp3) is 0.417. The van der Waals surface area contributed by atoms with Gasteiger partial charge in [0, 0.05) is 29.9 Å². The van der Waals surface area contributed by atoms with Crippen LogP contribution in [0.25, 0.3) is 5.57 Å². The zero-order valence-corrected chi connectivity index (χ0v) is 19.6. The first-order valence-electron chi connectivity index (χ1n) is 11.2. The highest BCUT2D eigenvalue weighted by Gasteiger charge is 2.38. The molecule has 2 atom stereocenters. The number of ether oxygens (including phenoxy) is 3. The number of halogens is 1. The van der Waals surface area contributed by atoms with Gasteiger partial charge < -0.3 is 25.3 Å². The molecule has 3 aliphatic rings. The maximum Gasteiger partial charge on any atom is 0.416 e. The summed E-state index contributed by atoms with van der Waals surface area (Å²) in [5.74, 6) is 0.732. The van der Waals surface area contributed by atoms with Crippen molar-refractivity contribution in [3.8, 4) is 5.75 Å². The number of nitrogens with two attached hydrogens (primary N) is 1. The number of hydrogen-bond donors (Lipinski definition) is 2. The van der Waals surface area contributed by atoms with Crippen LogP contribution in [0, 0.1) is 5.82 Å². The van der Waals surface area contributed by atoms with Crippen molar-refractivity contribution in [2.24, 2.45) is 12.8 Å². The molecule has 3 aliphatic heterocycles. The molecule has 10 heteroatoms. The Labute approximate surface area is 196 Å². The smallest absolute Gasteiger partial charge is 0.416 e. The fourth-order valence-electron chi connectivity index (χ4n) is 4.46. The van der Waals surface area contributed by atoms with Gasteiger partial charge in [0.1, 0.15) is 23.3 Å². The van der Waals surface area contributed by atoms with Gasteiger partial charge in [-0.2, -0.15) is 5.10 Å². The second kappa shape index (κ2) is 8.05. The van der Waals surface area contributed by atoms with E-state index in [1.165, 1.54) is 11.0 Å². The van der Waals surface area contributed by atoms with Crippen LogP contribution in [0.2, 0.25) is 0 Å². The maximum absolute atomic E-state index is 15.1. The van der Waals surface area contributed by atoms with E-state index in [0.29, 0.717) is 35.1 Å². The predicted octanol–water partition coefficient (Wildman–Crippen LogP) is 2.94. The SMILES string of the molecule is Cn1nccc1C1=CC2=C(NC1N)N(C(=O)OC(C)(C)C)Cc1c(F)ccc3c1[C@@H](CO2)CO3. The Hall–Kier alpha value is -3.53. The molecule has 4 heterocycles. The van der Waals surface area contributed by atoms with Crippen LogP contribution in [0.1, 0.15) is 43.5 Å². The minimum atomic E-state index is -0.758. The Morgan fingerprint density at radius 1 is 1.26 bits per heavy atom. The highest BCUT2D eigenvalue weighted by atomic mass is 19.1. The number of allylic oxidation sites excluding steroid dienone is 1. The lowest BCUT2D eigenvalue weighted by Crippen LogP contribution is -2.48. The Morgan fingerprint density at radius 3 is 2.74 bits per heavy atom. The standard InChI is InChI=1S/C24H28FN5O4/c1-24(2,3)34-23(31)30-10-15-16(25)5-6-18-20(15)13(11-32-18)12-33-19-9-14(21(26)28-22(19)30)17-7-8-27-29(17)4/h5-9,13,21,28H,10-12,26H2,1-4H3/t13-,21?/m1/s1. The second-order valence-electron chi connectivity index (χ2n) is 9.60. The summed E-state index contributed by atoms with van der Waals surface area (Å²) in [6, 6.07) is 4.83. The monoisotopic (exact) mass is 469 g/mol. The Morgan fingerprint density at radius 2 is 2.03 bits per heavy atom. The van der Waals surface area contributed by atoms with E-state index in [1.807, 2.05) is 13.1 Å². The number of nitrogens with zero attached hydrogens (tertiary/aromatic N) is 3. The number of benzene rings is 1. The van der Waals surface area contributed by atoms with Gasteiger partial charge in [0.2, 0.25) is 0 Å². The Kier molecular flexibility index (Phi) is 5.27. The summed E-state index contributed by atoms with van der Waals surface area (Å²) >= 11 is 0. The van der Waals surface area contributed by atoms with Crippen molar-refractivity contribution in [1.82, 2.24) is 20.0 Å². The van der Waals surface area contributed by atoms with Crippen molar-refractivity contribution >= 4 is 11.7 Å². The van der Waals surface area contributed by atoms with Gasteiger partial charge in [-0.25, -0.2) is 9.18 Å². The first-order valence-corrected chi connectivity index (χ1v) is 11.2. The third-order valence-corrected chi connectivity index (χ3v) is 6.01. The molecule has 0 saturated carbocycles. The summed E-state index contributed by atoms with van der Waals surface area (Å²) < 4.78 is 34.5. The third-order valence-electron chi connectivity index (χ3n) is 6.01. The molecule has 1 amide bonds. The van der Waals surface area contributed by atoms with E-state index in [2.05, 4.69) is 10.4 Å². The van der Waals surface area contributed by atoms with Crippen molar-refractivity contribution in [3.63, 3.8) is 0 Å². The minimum Gasteiger partial charge on any atom is -0.493 e. The minimum absolute atomic E-state index is 0.0689. The molecule has 180 valence electrons. The number of rotatable bonds is 1. The van der Waals surface area contributed by atoms with Crippen molar-refractivity contribution in [3.05, 3.63) is 64.7 Å². The summed E-state index contributed by atoms with van der Waals surface area (Å²) in [7, 11) is 1.82. The van der Waals surface area contributed by atoms with Crippen molar-refractivity contribution < 1.29 is 23.4 Å². The number of nitrogens with one attached hydrogen (secondary N) is 1. The highest BCUT2D eigenvalue weighted by molar-refractivity contribution is 5.75.